The van der Waals surface area contributed by atoms with Crippen LogP contribution in [0.2, 0.25) is 0 Å². The molecule has 0 amide bonds. The number of ether oxygens (including phenoxy) is 1. The normalized spacial score (nSPS) is 26.6. The summed E-state index contributed by atoms with van der Waals surface area (Å²) >= 11 is 0. The Hall–Kier alpha value is -1.31. The van der Waals surface area contributed by atoms with E-state index in [0.717, 1.165) is 24.5 Å². The zero-order chi connectivity index (χ0) is 23.9. The van der Waals surface area contributed by atoms with Crippen molar-refractivity contribution in [3.63, 3.8) is 0 Å². The lowest BCUT2D eigenvalue weighted by molar-refractivity contribution is -0.163. The minimum atomic E-state index is -0.267. The summed E-state index contributed by atoms with van der Waals surface area (Å²) in [4.78, 5) is 14.0. The van der Waals surface area contributed by atoms with Crippen molar-refractivity contribution in [2.45, 2.75) is 142 Å². The number of carbonyl (C=O) groups excluding carboxylic acids is 1. The Morgan fingerprint density at radius 2 is 1.44 bits per heavy atom. The molecule has 1 aromatic rings. The second-order valence-corrected chi connectivity index (χ2v) is 12.1. The van der Waals surface area contributed by atoms with Crippen molar-refractivity contribution in [3.05, 3.63) is 29.8 Å². The fraction of sp³-hybridized carbons (Fsp3) is 0.781. The standard InChI is InChI=1S/C32H50O2/c1-3-5-12-26-13-15-27(16-14-26)28-17-19-29(20-18-28)34-30(33)32(24-10-7-11-25-32)31(21-4-2)22-8-6-9-23-31/h17-20,26-27H,3-16,21-25H2,1-2H3. The van der Waals surface area contributed by atoms with Gasteiger partial charge < -0.3 is 4.74 Å². The first-order chi connectivity index (χ1) is 16.6. The molecule has 0 N–H and O–H groups in total. The van der Waals surface area contributed by atoms with Gasteiger partial charge in [0, 0.05) is 0 Å². The Kier molecular flexibility index (Phi) is 9.16. The van der Waals surface area contributed by atoms with Crippen LogP contribution in [-0.4, -0.2) is 5.97 Å². The molecule has 34 heavy (non-hydrogen) atoms. The monoisotopic (exact) mass is 466 g/mol. The molecule has 1 aromatic carbocycles. The van der Waals surface area contributed by atoms with E-state index in [0.29, 0.717) is 5.92 Å². The van der Waals surface area contributed by atoms with Crippen molar-refractivity contribution in [2.75, 3.05) is 0 Å². The van der Waals surface area contributed by atoms with Crippen molar-refractivity contribution < 1.29 is 9.53 Å². The van der Waals surface area contributed by atoms with Gasteiger partial charge in [0.05, 0.1) is 5.41 Å². The van der Waals surface area contributed by atoms with Crippen molar-refractivity contribution >= 4 is 5.97 Å². The minimum Gasteiger partial charge on any atom is -0.426 e. The summed E-state index contributed by atoms with van der Waals surface area (Å²) in [5.74, 6) is 2.48. The molecule has 0 radical (unpaired) electrons. The van der Waals surface area contributed by atoms with E-state index >= 15 is 0 Å². The third-order valence-electron chi connectivity index (χ3n) is 10.0. The smallest absolute Gasteiger partial charge is 0.318 e. The lowest BCUT2D eigenvalue weighted by Crippen LogP contribution is -2.51. The number of hydrogen-bond acceptors (Lipinski definition) is 2. The van der Waals surface area contributed by atoms with Crippen LogP contribution in [-0.2, 0) is 4.79 Å². The highest BCUT2D eigenvalue weighted by molar-refractivity contribution is 5.80. The van der Waals surface area contributed by atoms with Gasteiger partial charge in [-0.2, -0.15) is 0 Å². The van der Waals surface area contributed by atoms with Gasteiger partial charge >= 0.3 is 5.97 Å². The van der Waals surface area contributed by atoms with Crippen LogP contribution in [0.25, 0.3) is 0 Å². The van der Waals surface area contributed by atoms with E-state index in [-0.39, 0.29) is 16.8 Å². The van der Waals surface area contributed by atoms with E-state index in [1.807, 2.05) is 0 Å². The van der Waals surface area contributed by atoms with E-state index in [1.54, 1.807) is 0 Å². The van der Waals surface area contributed by atoms with E-state index in [4.69, 9.17) is 4.74 Å². The Balaban J connectivity index is 1.43. The average Bonchev–Trinajstić information content (AvgIpc) is 2.89. The number of unbranched alkanes of at least 4 members (excludes halogenated alkanes) is 1. The molecule has 0 atom stereocenters. The van der Waals surface area contributed by atoms with Crippen LogP contribution in [0.4, 0.5) is 0 Å². The third kappa shape index (κ3) is 5.57. The molecule has 0 spiro atoms. The van der Waals surface area contributed by atoms with Crippen LogP contribution in [0, 0.1) is 16.7 Å². The van der Waals surface area contributed by atoms with Gasteiger partial charge in [-0.15, -0.1) is 0 Å². The summed E-state index contributed by atoms with van der Waals surface area (Å²) in [6.07, 6.45) is 23.9. The van der Waals surface area contributed by atoms with Crippen molar-refractivity contribution in [3.8, 4) is 5.75 Å². The van der Waals surface area contributed by atoms with Crippen molar-refractivity contribution in [1.29, 1.82) is 0 Å². The predicted octanol–water partition coefficient (Wildman–Crippen LogP) is 9.76. The number of hydrogen-bond donors (Lipinski definition) is 0. The second-order valence-electron chi connectivity index (χ2n) is 12.1. The summed E-state index contributed by atoms with van der Waals surface area (Å²) in [6.45, 7) is 4.60. The summed E-state index contributed by atoms with van der Waals surface area (Å²) in [5, 5.41) is 0. The molecule has 190 valence electrons. The molecule has 2 heteroatoms. The maximum atomic E-state index is 14.0. The van der Waals surface area contributed by atoms with Crippen LogP contribution in [0.1, 0.15) is 147 Å². The first-order valence-corrected chi connectivity index (χ1v) is 14.9. The van der Waals surface area contributed by atoms with Gasteiger partial charge in [-0.3, -0.25) is 4.79 Å². The Labute approximate surface area is 209 Å². The number of carbonyl (C=O) groups is 1. The van der Waals surface area contributed by atoms with Crippen LogP contribution in [0.15, 0.2) is 24.3 Å². The average molecular weight is 467 g/mol. The van der Waals surface area contributed by atoms with Gasteiger partial charge in [-0.05, 0) is 92.7 Å². The first-order valence-electron chi connectivity index (χ1n) is 14.9. The van der Waals surface area contributed by atoms with Crippen LogP contribution >= 0.6 is 0 Å². The minimum absolute atomic E-state index is 0.0896. The van der Waals surface area contributed by atoms with Crippen molar-refractivity contribution in [2.24, 2.45) is 16.7 Å². The number of esters is 1. The van der Waals surface area contributed by atoms with Crippen LogP contribution in [0.3, 0.4) is 0 Å². The maximum Gasteiger partial charge on any atom is 0.318 e. The molecule has 0 bridgehead atoms. The van der Waals surface area contributed by atoms with E-state index in [9.17, 15) is 4.79 Å². The molecule has 0 aliphatic heterocycles. The van der Waals surface area contributed by atoms with Gasteiger partial charge in [-0.1, -0.05) is 90.2 Å². The summed E-state index contributed by atoms with van der Waals surface area (Å²) in [7, 11) is 0. The fourth-order valence-corrected chi connectivity index (χ4v) is 8.07. The summed E-state index contributed by atoms with van der Waals surface area (Å²) in [5.41, 5.74) is 1.33. The fourth-order valence-electron chi connectivity index (χ4n) is 8.07. The second kappa shape index (κ2) is 12.1. The molecule has 2 nitrogen and oxygen atoms in total. The molecule has 3 saturated carbocycles. The van der Waals surface area contributed by atoms with Gasteiger partial charge in [0.2, 0.25) is 0 Å². The topological polar surface area (TPSA) is 26.3 Å². The zero-order valence-corrected chi connectivity index (χ0v) is 22.2. The Bertz CT molecular complexity index is 738. The van der Waals surface area contributed by atoms with Crippen LogP contribution < -0.4 is 4.74 Å². The Morgan fingerprint density at radius 3 is 2.03 bits per heavy atom. The molecule has 3 aliphatic rings. The quantitative estimate of drug-likeness (QED) is 0.267. The highest BCUT2D eigenvalue weighted by Gasteiger charge is 2.56. The highest BCUT2D eigenvalue weighted by atomic mass is 16.5. The van der Waals surface area contributed by atoms with Gasteiger partial charge in [0.25, 0.3) is 0 Å². The van der Waals surface area contributed by atoms with Gasteiger partial charge in [0.1, 0.15) is 5.75 Å². The molecular formula is C32H50O2. The summed E-state index contributed by atoms with van der Waals surface area (Å²) in [6, 6.07) is 8.66. The number of rotatable bonds is 9. The third-order valence-corrected chi connectivity index (χ3v) is 10.0. The maximum absolute atomic E-state index is 14.0. The molecule has 0 unspecified atom stereocenters. The van der Waals surface area contributed by atoms with Crippen molar-refractivity contribution in [1.82, 2.24) is 0 Å². The van der Waals surface area contributed by atoms with E-state index < -0.39 is 0 Å². The molecular weight excluding hydrogens is 416 g/mol. The lowest BCUT2D eigenvalue weighted by Gasteiger charge is -2.53. The Morgan fingerprint density at radius 1 is 0.824 bits per heavy atom. The molecule has 3 fully saturated rings. The molecule has 4 rings (SSSR count). The van der Waals surface area contributed by atoms with Crippen LogP contribution in [0.5, 0.6) is 5.75 Å². The van der Waals surface area contributed by atoms with E-state index in [2.05, 4.69) is 38.1 Å². The predicted molar refractivity (Wildman–Crippen MR) is 142 cm³/mol. The number of benzene rings is 1. The molecule has 0 aromatic heterocycles. The SMILES string of the molecule is CCCCC1CCC(c2ccc(OC(=O)C3(C4(CCC)CCCCC4)CCCCC3)cc2)CC1. The largest absolute Gasteiger partial charge is 0.426 e. The molecule has 0 heterocycles. The zero-order valence-electron chi connectivity index (χ0n) is 22.2. The molecule has 3 aliphatic carbocycles. The summed E-state index contributed by atoms with van der Waals surface area (Å²) < 4.78 is 6.25. The lowest BCUT2D eigenvalue weighted by atomic mass is 9.51. The van der Waals surface area contributed by atoms with Gasteiger partial charge in [-0.25, -0.2) is 0 Å². The van der Waals surface area contributed by atoms with Gasteiger partial charge in [0.15, 0.2) is 0 Å². The highest BCUT2D eigenvalue weighted by Crippen LogP contribution is 2.59. The van der Waals surface area contributed by atoms with E-state index in [1.165, 1.54) is 115 Å². The first kappa shape index (κ1) is 25.8. The molecule has 0 saturated heterocycles.